The van der Waals surface area contributed by atoms with Crippen LogP contribution < -0.4 is 14.8 Å². The third-order valence-corrected chi connectivity index (χ3v) is 4.26. The highest BCUT2D eigenvalue weighted by molar-refractivity contribution is 5.96. The smallest absolute Gasteiger partial charge is 0.255 e. The first-order valence-corrected chi connectivity index (χ1v) is 10.0. The molecule has 0 spiro atoms. The lowest BCUT2D eigenvalue weighted by atomic mass is 10.1. The number of rotatable bonds is 10. The van der Waals surface area contributed by atoms with E-state index in [4.69, 9.17) is 14.0 Å². The van der Waals surface area contributed by atoms with Gasteiger partial charge in [0.15, 0.2) is 6.61 Å². The molecule has 158 valence electrons. The summed E-state index contributed by atoms with van der Waals surface area (Å²) in [6.45, 7) is 7.29. The number of aromatic nitrogens is 2. The number of nitrogens with zero attached hydrogens (tertiary/aromatic N) is 2. The molecule has 2 aromatic carbocycles. The van der Waals surface area contributed by atoms with Gasteiger partial charge in [0.1, 0.15) is 11.5 Å². The molecule has 3 aromatic rings. The van der Waals surface area contributed by atoms with Gasteiger partial charge in [-0.3, -0.25) is 4.79 Å². The fourth-order valence-electron chi connectivity index (χ4n) is 2.75. The molecule has 0 saturated carbocycles. The van der Waals surface area contributed by atoms with Crippen molar-refractivity contribution in [3.05, 3.63) is 71.4 Å². The second kappa shape index (κ2) is 10.4. The van der Waals surface area contributed by atoms with Crippen molar-refractivity contribution >= 4 is 5.91 Å². The van der Waals surface area contributed by atoms with E-state index in [1.165, 1.54) is 0 Å². The van der Waals surface area contributed by atoms with Gasteiger partial charge in [0.25, 0.3) is 5.91 Å². The molecule has 0 aliphatic carbocycles. The third kappa shape index (κ3) is 6.34. The SMILES string of the molecule is Cc1nc(COc2ccccc2C(=O)NCCc2ccc(OCC(C)C)cc2)no1. The first-order chi connectivity index (χ1) is 14.5. The maximum absolute atomic E-state index is 12.6. The highest BCUT2D eigenvalue weighted by Crippen LogP contribution is 2.19. The average Bonchev–Trinajstić information content (AvgIpc) is 3.17. The van der Waals surface area contributed by atoms with Crippen LogP contribution in [0.25, 0.3) is 0 Å². The molecular formula is C23H27N3O4. The normalized spacial score (nSPS) is 10.8. The lowest BCUT2D eigenvalue weighted by molar-refractivity contribution is 0.0949. The van der Waals surface area contributed by atoms with Crippen LogP contribution in [0, 0.1) is 12.8 Å². The van der Waals surface area contributed by atoms with Crippen molar-refractivity contribution in [1.29, 1.82) is 0 Å². The summed E-state index contributed by atoms with van der Waals surface area (Å²) in [5, 5.41) is 6.74. The number of hydrogen-bond donors (Lipinski definition) is 1. The minimum absolute atomic E-state index is 0.132. The second-order valence-corrected chi connectivity index (χ2v) is 7.37. The first kappa shape index (κ1) is 21.4. The monoisotopic (exact) mass is 409 g/mol. The molecular weight excluding hydrogens is 382 g/mol. The van der Waals surface area contributed by atoms with Gasteiger partial charge in [-0.25, -0.2) is 0 Å². The number of ether oxygens (including phenoxy) is 2. The lowest BCUT2D eigenvalue weighted by Gasteiger charge is -2.11. The number of carbonyl (C=O) groups excluding carboxylic acids is 1. The number of para-hydroxylation sites is 1. The molecule has 7 heteroatoms. The number of carbonyl (C=O) groups is 1. The third-order valence-electron chi connectivity index (χ3n) is 4.26. The standard InChI is InChI=1S/C23H27N3O4/c1-16(2)14-28-19-10-8-18(9-11-19)12-13-24-23(27)20-6-4-5-7-21(20)29-15-22-25-17(3)30-26-22/h4-11,16H,12-15H2,1-3H3,(H,24,27). The van der Waals surface area contributed by atoms with Crippen molar-refractivity contribution in [2.24, 2.45) is 5.92 Å². The molecule has 1 heterocycles. The van der Waals surface area contributed by atoms with Crippen molar-refractivity contribution in [2.45, 2.75) is 33.8 Å². The molecule has 0 atom stereocenters. The molecule has 0 aliphatic rings. The van der Waals surface area contributed by atoms with Crippen LogP contribution in [0.5, 0.6) is 11.5 Å². The zero-order valence-corrected chi connectivity index (χ0v) is 17.6. The second-order valence-electron chi connectivity index (χ2n) is 7.37. The van der Waals surface area contributed by atoms with Crippen molar-refractivity contribution in [3.8, 4) is 11.5 Å². The van der Waals surface area contributed by atoms with Crippen molar-refractivity contribution < 1.29 is 18.8 Å². The van der Waals surface area contributed by atoms with E-state index < -0.39 is 0 Å². The van der Waals surface area contributed by atoms with Crippen LogP contribution in [0.1, 0.15) is 41.5 Å². The summed E-state index contributed by atoms with van der Waals surface area (Å²) in [4.78, 5) is 16.7. The van der Waals surface area contributed by atoms with Crippen LogP contribution in [0.2, 0.25) is 0 Å². The zero-order valence-electron chi connectivity index (χ0n) is 17.6. The molecule has 1 amide bonds. The predicted molar refractivity (Wildman–Crippen MR) is 113 cm³/mol. The van der Waals surface area contributed by atoms with Gasteiger partial charge in [-0.1, -0.05) is 43.3 Å². The Morgan fingerprint density at radius 2 is 1.87 bits per heavy atom. The quantitative estimate of drug-likeness (QED) is 0.545. The summed E-state index contributed by atoms with van der Waals surface area (Å²) < 4.78 is 16.3. The molecule has 0 bridgehead atoms. The Hall–Kier alpha value is -3.35. The number of nitrogens with one attached hydrogen (secondary N) is 1. The van der Waals surface area contributed by atoms with Crippen LogP contribution >= 0.6 is 0 Å². The summed E-state index contributed by atoms with van der Waals surface area (Å²) in [7, 11) is 0. The fourth-order valence-corrected chi connectivity index (χ4v) is 2.75. The molecule has 1 N–H and O–H groups in total. The van der Waals surface area contributed by atoms with E-state index in [-0.39, 0.29) is 12.5 Å². The Bertz CT molecular complexity index is 951. The highest BCUT2D eigenvalue weighted by atomic mass is 16.5. The molecule has 0 aliphatic heterocycles. The van der Waals surface area contributed by atoms with Gasteiger partial charge < -0.3 is 19.3 Å². The topological polar surface area (TPSA) is 86.5 Å². The minimum Gasteiger partial charge on any atom is -0.493 e. The van der Waals surface area contributed by atoms with E-state index in [2.05, 4.69) is 29.3 Å². The van der Waals surface area contributed by atoms with Crippen LogP contribution in [0.15, 0.2) is 53.1 Å². The van der Waals surface area contributed by atoms with Crippen LogP contribution in [-0.2, 0) is 13.0 Å². The summed E-state index contributed by atoms with van der Waals surface area (Å²) in [5.74, 6) is 2.54. The number of benzene rings is 2. The number of hydrogen-bond acceptors (Lipinski definition) is 6. The summed E-state index contributed by atoms with van der Waals surface area (Å²) in [5.41, 5.74) is 1.60. The van der Waals surface area contributed by atoms with E-state index in [1.807, 2.05) is 30.3 Å². The largest absolute Gasteiger partial charge is 0.493 e. The van der Waals surface area contributed by atoms with Crippen molar-refractivity contribution in [3.63, 3.8) is 0 Å². The van der Waals surface area contributed by atoms with Gasteiger partial charge in [-0.15, -0.1) is 0 Å². The maximum Gasteiger partial charge on any atom is 0.255 e. The predicted octanol–water partition coefficient (Wildman–Crippen LogP) is 3.96. The Labute approximate surface area is 176 Å². The van der Waals surface area contributed by atoms with E-state index in [0.717, 1.165) is 17.7 Å². The van der Waals surface area contributed by atoms with Crippen molar-refractivity contribution in [1.82, 2.24) is 15.5 Å². The van der Waals surface area contributed by atoms with Gasteiger partial charge in [0.05, 0.1) is 12.2 Å². The van der Waals surface area contributed by atoms with Crippen LogP contribution in [0.4, 0.5) is 0 Å². The Morgan fingerprint density at radius 1 is 1.10 bits per heavy atom. The molecule has 0 unspecified atom stereocenters. The fraction of sp³-hybridized carbons (Fsp3) is 0.348. The lowest BCUT2D eigenvalue weighted by Crippen LogP contribution is -2.26. The van der Waals surface area contributed by atoms with E-state index in [0.29, 0.717) is 42.1 Å². The molecule has 0 saturated heterocycles. The summed E-state index contributed by atoms with van der Waals surface area (Å²) in [6.07, 6.45) is 0.724. The van der Waals surface area contributed by atoms with Crippen LogP contribution in [-0.4, -0.2) is 29.2 Å². The minimum atomic E-state index is -0.188. The Kier molecular flexibility index (Phi) is 7.43. The summed E-state index contributed by atoms with van der Waals surface area (Å²) in [6, 6.07) is 15.1. The molecule has 7 nitrogen and oxygen atoms in total. The number of aryl methyl sites for hydroxylation is 1. The zero-order chi connectivity index (χ0) is 21.3. The van der Waals surface area contributed by atoms with Gasteiger partial charge in [0.2, 0.25) is 11.7 Å². The first-order valence-electron chi connectivity index (χ1n) is 10.0. The van der Waals surface area contributed by atoms with E-state index in [9.17, 15) is 4.79 Å². The van der Waals surface area contributed by atoms with Crippen molar-refractivity contribution in [2.75, 3.05) is 13.2 Å². The molecule has 0 fully saturated rings. The van der Waals surface area contributed by atoms with Gasteiger partial charge in [-0.05, 0) is 42.2 Å². The Balaban J connectivity index is 1.50. The molecule has 3 rings (SSSR count). The maximum atomic E-state index is 12.6. The summed E-state index contributed by atoms with van der Waals surface area (Å²) >= 11 is 0. The van der Waals surface area contributed by atoms with Crippen LogP contribution in [0.3, 0.4) is 0 Å². The van der Waals surface area contributed by atoms with E-state index in [1.54, 1.807) is 25.1 Å². The average molecular weight is 409 g/mol. The number of amides is 1. The van der Waals surface area contributed by atoms with Gasteiger partial charge in [0, 0.05) is 13.5 Å². The molecule has 1 aromatic heterocycles. The van der Waals surface area contributed by atoms with Gasteiger partial charge in [-0.2, -0.15) is 4.98 Å². The molecule has 0 radical (unpaired) electrons. The highest BCUT2D eigenvalue weighted by Gasteiger charge is 2.13. The van der Waals surface area contributed by atoms with Gasteiger partial charge >= 0.3 is 0 Å². The molecule has 30 heavy (non-hydrogen) atoms. The van der Waals surface area contributed by atoms with E-state index >= 15 is 0 Å². The Morgan fingerprint density at radius 3 is 2.57 bits per heavy atom.